The summed E-state index contributed by atoms with van der Waals surface area (Å²) in [6, 6.07) is 8.09. The standard InChI is InChI=1S/C27H33ClO4S/c1-18-17-23(30)21(9-5-3-4-6-12-26(31)32-2)20(18)15-13-19(29)14-16-25-27(28)22-10-7-8-11-24(22)33-25/h3,5,7-8,10-11,13,15,18-21,29H,4,6,9,12,14,16-17H2,1-2H3/t18-,19?,20+,21-/m1/s1. The number of hydrogen-bond acceptors (Lipinski definition) is 5. The minimum atomic E-state index is -0.566. The number of unbranched alkanes of at least 4 members (excludes halogenated alkanes) is 1. The second-order valence-electron chi connectivity index (χ2n) is 8.83. The molecule has 2 aromatic rings. The molecule has 0 amide bonds. The summed E-state index contributed by atoms with van der Waals surface area (Å²) in [6.07, 6.45) is 12.0. The molecule has 178 valence electrons. The van der Waals surface area contributed by atoms with Gasteiger partial charge in [0.15, 0.2) is 0 Å². The molecule has 0 aliphatic heterocycles. The fourth-order valence-electron chi connectivity index (χ4n) is 4.51. The van der Waals surface area contributed by atoms with Gasteiger partial charge in [-0.05, 0) is 50.0 Å². The molecular weight excluding hydrogens is 456 g/mol. The second-order valence-corrected chi connectivity index (χ2v) is 10.3. The number of benzene rings is 1. The Labute approximate surface area is 205 Å². The van der Waals surface area contributed by atoms with Crippen molar-refractivity contribution >= 4 is 44.8 Å². The first-order valence-corrected chi connectivity index (χ1v) is 12.9. The van der Waals surface area contributed by atoms with Crippen molar-refractivity contribution in [1.29, 1.82) is 0 Å². The predicted octanol–water partition coefficient (Wildman–Crippen LogP) is 6.54. The van der Waals surface area contributed by atoms with E-state index in [1.165, 1.54) is 11.8 Å². The Balaban J connectivity index is 1.51. The molecule has 0 radical (unpaired) electrons. The average molecular weight is 489 g/mol. The molecule has 4 nitrogen and oxygen atoms in total. The minimum Gasteiger partial charge on any atom is -0.469 e. The quantitative estimate of drug-likeness (QED) is 0.222. The van der Waals surface area contributed by atoms with Crippen LogP contribution in [-0.2, 0) is 20.7 Å². The molecule has 1 unspecified atom stereocenters. The molecular formula is C27H33ClO4S. The predicted molar refractivity (Wildman–Crippen MR) is 136 cm³/mol. The molecule has 4 atom stereocenters. The molecule has 1 fully saturated rings. The third-order valence-electron chi connectivity index (χ3n) is 6.42. The Morgan fingerprint density at radius 3 is 2.88 bits per heavy atom. The lowest BCUT2D eigenvalue weighted by atomic mass is 9.87. The van der Waals surface area contributed by atoms with Crippen LogP contribution in [0.2, 0.25) is 5.02 Å². The number of methoxy groups -OCH3 is 1. The number of hydrogen-bond donors (Lipinski definition) is 1. The van der Waals surface area contributed by atoms with E-state index >= 15 is 0 Å². The summed E-state index contributed by atoms with van der Waals surface area (Å²) in [5, 5.41) is 12.4. The molecule has 33 heavy (non-hydrogen) atoms. The number of carbonyl (C=O) groups excluding carboxylic acids is 2. The lowest BCUT2D eigenvalue weighted by molar-refractivity contribution is -0.140. The zero-order valence-electron chi connectivity index (χ0n) is 19.3. The average Bonchev–Trinajstić information content (AvgIpc) is 3.27. The highest BCUT2D eigenvalue weighted by molar-refractivity contribution is 7.19. The molecule has 1 aliphatic carbocycles. The number of aliphatic hydroxyl groups excluding tert-OH is 1. The third-order valence-corrected chi connectivity index (χ3v) is 8.19. The number of esters is 1. The number of thiophene rings is 1. The summed E-state index contributed by atoms with van der Waals surface area (Å²) in [7, 11) is 1.40. The van der Waals surface area contributed by atoms with Crippen LogP contribution in [0.15, 0.2) is 48.6 Å². The molecule has 1 aromatic carbocycles. The van der Waals surface area contributed by atoms with E-state index in [1.54, 1.807) is 11.3 Å². The first kappa shape index (κ1) is 25.7. The van der Waals surface area contributed by atoms with E-state index in [9.17, 15) is 14.7 Å². The minimum absolute atomic E-state index is 0.0441. The molecule has 1 N–H and O–H groups in total. The van der Waals surface area contributed by atoms with E-state index in [4.69, 9.17) is 11.6 Å². The Bertz CT molecular complexity index is 1010. The van der Waals surface area contributed by atoms with Crippen molar-refractivity contribution in [3.8, 4) is 0 Å². The van der Waals surface area contributed by atoms with Crippen molar-refractivity contribution in [3.63, 3.8) is 0 Å². The fraction of sp³-hybridized carbons (Fsp3) is 0.481. The van der Waals surface area contributed by atoms with Crippen LogP contribution in [0.3, 0.4) is 0 Å². The summed E-state index contributed by atoms with van der Waals surface area (Å²) < 4.78 is 5.81. The number of ketones is 1. The van der Waals surface area contributed by atoms with Crippen LogP contribution >= 0.6 is 22.9 Å². The zero-order valence-corrected chi connectivity index (χ0v) is 20.9. The van der Waals surface area contributed by atoms with E-state index in [0.29, 0.717) is 31.5 Å². The van der Waals surface area contributed by atoms with Gasteiger partial charge in [0.2, 0.25) is 0 Å². The highest BCUT2D eigenvalue weighted by Gasteiger charge is 2.37. The van der Waals surface area contributed by atoms with Gasteiger partial charge in [0, 0.05) is 33.7 Å². The summed E-state index contributed by atoms with van der Waals surface area (Å²) in [5.74, 6) is 0.470. The Morgan fingerprint density at radius 1 is 1.33 bits per heavy atom. The van der Waals surface area contributed by atoms with Gasteiger partial charge in [0.1, 0.15) is 5.78 Å². The van der Waals surface area contributed by atoms with Gasteiger partial charge in [-0.15, -0.1) is 11.3 Å². The molecule has 0 spiro atoms. The van der Waals surface area contributed by atoms with Crippen molar-refractivity contribution < 1.29 is 19.4 Å². The number of ether oxygens (including phenoxy) is 1. The summed E-state index contributed by atoms with van der Waals surface area (Å²) >= 11 is 8.21. The molecule has 1 heterocycles. The van der Waals surface area contributed by atoms with Crippen LogP contribution in [0.1, 0.15) is 50.3 Å². The lowest BCUT2D eigenvalue weighted by Gasteiger charge is -2.17. The highest BCUT2D eigenvalue weighted by Crippen LogP contribution is 2.38. The molecule has 3 rings (SSSR count). The van der Waals surface area contributed by atoms with Crippen LogP contribution in [-0.4, -0.2) is 30.1 Å². The maximum atomic E-state index is 12.5. The number of allylic oxidation sites excluding steroid dienone is 3. The normalized spacial score (nSPS) is 22.1. The topological polar surface area (TPSA) is 63.6 Å². The van der Waals surface area contributed by atoms with Crippen LogP contribution in [0, 0.1) is 17.8 Å². The van der Waals surface area contributed by atoms with Gasteiger partial charge in [-0.1, -0.05) is 61.0 Å². The zero-order chi connectivity index (χ0) is 23.8. The number of Topliss-reactive ketones (excluding diaryl/α,β-unsaturated/α-hetero) is 1. The van der Waals surface area contributed by atoms with Crippen LogP contribution < -0.4 is 0 Å². The van der Waals surface area contributed by atoms with E-state index in [1.807, 2.05) is 36.4 Å². The van der Waals surface area contributed by atoms with Crippen molar-refractivity contribution in [2.45, 2.75) is 58.0 Å². The largest absolute Gasteiger partial charge is 0.469 e. The van der Waals surface area contributed by atoms with Gasteiger partial charge in [-0.25, -0.2) is 0 Å². The molecule has 0 saturated heterocycles. The Kier molecular flexibility index (Phi) is 9.72. The van der Waals surface area contributed by atoms with Gasteiger partial charge in [0.25, 0.3) is 0 Å². The smallest absolute Gasteiger partial charge is 0.305 e. The van der Waals surface area contributed by atoms with Crippen molar-refractivity contribution in [1.82, 2.24) is 0 Å². The Morgan fingerprint density at radius 2 is 2.12 bits per heavy atom. The van der Waals surface area contributed by atoms with Gasteiger partial charge in [0.05, 0.1) is 18.2 Å². The first-order valence-electron chi connectivity index (χ1n) is 11.7. The second kappa shape index (κ2) is 12.5. The van der Waals surface area contributed by atoms with Gasteiger partial charge >= 0.3 is 5.97 Å². The summed E-state index contributed by atoms with van der Waals surface area (Å²) in [4.78, 5) is 24.8. The highest BCUT2D eigenvalue weighted by atomic mass is 35.5. The van der Waals surface area contributed by atoms with Crippen LogP contribution in [0.5, 0.6) is 0 Å². The van der Waals surface area contributed by atoms with Gasteiger partial charge < -0.3 is 9.84 Å². The van der Waals surface area contributed by atoms with Crippen molar-refractivity contribution in [2.75, 3.05) is 7.11 Å². The molecule has 0 bridgehead atoms. The van der Waals surface area contributed by atoms with E-state index in [-0.39, 0.29) is 23.7 Å². The van der Waals surface area contributed by atoms with Crippen molar-refractivity contribution in [2.24, 2.45) is 17.8 Å². The Hall–Kier alpha value is -1.95. The number of aryl methyl sites for hydroxylation is 1. The lowest BCUT2D eigenvalue weighted by Crippen LogP contribution is -2.15. The van der Waals surface area contributed by atoms with E-state index < -0.39 is 6.10 Å². The number of fused-ring (bicyclic) bond motifs is 1. The number of halogens is 1. The maximum Gasteiger partial charge on any atom is 0.305 e. The van der Waals surface area contributed by atoms with Crippen LogP contribution in [0.4, 0.5) is 0 Å². The van der Waals surface area contributed by atoms with E-state index in [0.717, 1.165) is 34.5 Å². The molecule has 1 aliphatic rings. The van der Waals surface area contributed by atoms with Crippen LogP contribution in [0.25, 0.3) is 10.1 Å². The maximum absolute atomic E-state index is 12.5. The number of carbonyl (C=O) groups is 2. The SMILES string of the molecule is COC(=O)CCCC=CC[C@H]1C(=O)C[C@@H](C)[C@@H]1C=CC(O)CCc1sc2ccccc2c1Cl. The van der Waals surface area contributed by atoms with Gasteiger partial charge in [-0.3, -0.25) is 9.59 Å². The van der Waals surface area contributed by atoms with Crippen molar-refractivity contribution in [3.05, 3.63) is 58.5 Å². The molecule has 1 saturated carbocycles. The first-order chi connectivity index (χ1) is 15.9. The van der Waals surface area contributed by atoms with E-state index in [2.05, 4.69) is 23.8 Å². The summed E-state index contributed by atoms with van der Waals surface area (Å²) in [5.41, 5.74) is 0. The monoisotopic (exact) mass is 488 g/mol. The number of aliphatic hydroxyl groups is 1. The fourth-order valence-corrected chi connectivity index (χ4v) is 6.06. The molecule has 1 aromatic heterocycles. The third kappa shape index (κ3) is 7.02. The van der Waals surface area contributed by atoms with Gasteiger partial charge in [-0.2, -0.15) is 0 Å². The molecule has 6 heteroatoms. The number of rotatable bonds is 11. The summed E-state index contributed by atoms with van der Waals surface area (Å²) in [6.45, 7) is 2.11.